The second-order valence-corrected chi connectivity index (χ2v) is 10.8. The highest BCUT2D eigenvalue weighted by molar-refractivity contribution is 5.99. The number of carbonyl (C=O) groups excluding carboxylic acids is 3. The number of Topliss-reactive ketones (excluding diaryl/α,β-unsaturated/α-hetero) is 1. The molecule has 1 aromatic heterocycles. The van der Waals surface area contributed by atoms with Crippen molar-refractivity contribution < 1.29 is 23.2 Å². The number of halogens is 1. The van der Waals surface area contributed by atoms with E-state index in [9.17, 15) is 18.8 Å². The molecular formula is C26H34FN5O4. The molecule has 1 atom stereocenters. The highest BCUT2D eigenvalue weighted by Crippen LogP contribution is 2.33. The van der Waals surface area contributed by atoms with Crippen LogP contribution < -0.4 is 10.6 Å². The summed E-state index contributed by atoms with van der Waals surface area (Å²) in [6, 6.07) is 4.81. The molecule has 1 spiro atoms. The Hall–Kier alpha value is -3.30. The standard InChI is InChI=1S/C26H34FN5O4/c1-16(2)20(28-19(33)14-32-15-26(29-24(32)35)12-6-5-7-13-26)21(34)22-30-31-23(36-22)25(3,4)17-8-10-18(27)11-9-17/h8-11,16,20H,5-7,12-15H2,1-4H3,(H,28,33)(H,29,35)/t20-/m0/s1. The lowest BCUT2D eigenvalue weighted by Crippen LogP contribution is -2.48. The Morgan fingerprint density at radius 2 is 1.83 bits per heavy atom. The third-order valence-electron chi connectivity index (χ3n) is 7.30. The van der Waals surface area contributed by atoms with E-state index in [0.29, 0.717) is 6.54 Å². The first-order chi connectivity index (χ1) is 17.0. The number of nitrogens with zero attached hydrogens (tertiary/aromatic N) is 3. The van der Waals surface area contributed by atoms with Gasteiger partial charge in [0.05, 0.1) is 17.0 Å². The summed E-state index contributed by atoms with van der Waals surface area (Å²) in [6.45, 7) is 7.65. The largest absolute Gasteiger partial charge is 0.417 e. The Balaban J connectivity index is 1.43. The zero-order valence-electron chi connectivity index (χ0n) is 21.3. The SMILES string of the molecule is CC(C)[C@H](NC(=O)CN1CC2(CCCCC2)NC1=O)C(=O)c1nnc(C(C)(C)c2ccc(F)cc2)o1. The first kappa shape index (κ1) is 25.8. The number of aromatic nitrogens is 2. The highest BCUT2D eigenvalue weighted by atomic mass is 19.1. The number of amides is 3. The fourth-order valence-corrected chi connectivity index (χ4v) is 5.05. The van der Waals surface area contributed by atoms with Crippen molar-refractivity contribution in [3.63, 3.8) is 0 Å². The van der Waals surface area contributed by atoms with Crippen LogP contribution in [-0.4, -0.2) is 57.5 Å². The summed E-state index contributed by atoms with van der Waals surface area (Å²) in [7, 11) is 0. The quantitative estimate of drug-likeness (QED) is 0.536. The minimum Gasteiger partial charge on any atom is -0.417 e. The molecule has 2 N–H and O–H groups in total. The lowest BCUT2D eigenvalue weighted by molar-refractivity contribution is -0.122. The summed E-state index contributed by atoms with van der Waals surface area (Å²) in [6.07, 6.45) is 5.12. The van der Waals surface area contributed by atoms with Gasteiger partial charge in [0, 0.05) is 6.54 Å². The molecule has 9 nitrogen and oxygen atoms in total. The monoisotopic (exact) mass is 499 g/mol. The number of rotatable bonds is 8. The van der Waals surface area contributed by atoms with Crippen LogP contribution in [0.1, 0.15) is 81.9 Å². The number of hydrogen-bond donors (Lipinski definition) is 2. The van der Waals surface area contributed by atoms with E-state index in [1.807, 2.05) is 27.7 Å². The summed E-state index contributed by atoms with van der Waals surface area (Å²) in [5, 5.41) is 13.8. The van der Waals surface area contributed by atoms with Crippen LogP contribution in [0, 0.1) is 11.7 Å². The topological polar surface area (TPSA) is 117 Å². The predicted octanol–water partition coefficient (Wildman–Crippen LogP) is 3.59. The number of urea groups is 1. The fraction of sp³-hybridized carbons (Fsp3) is 0.577. The summed E-state index contributed by atoms with van der Waals surface area (Å²) in [4.78, 5) is 40.1. The Kier molecular flexibility index (Phi) is 7.15. The zero-order chi connectivity index (χ0) is 26.1. The summed E-state index contributed by atoms with van der Waals surface area (Å²) in [5.41, 5.74) is -0.256. The zero-order valence-corrected chi connectivity index (χ0v) is 21.3. The average Bonchev–Trinajstić information content (AvgIpc) is 3.43. The molecule has 0 radical (unpaired) electrons. The smallest absolute Gasteiger partial charge is 0.318 e. The number of carbonyl (C=O) groups is 3. The normalized spacial score (nSPS) is 18.4. The van der Waals surface area contributed by atoms with Gasteiger partial charge >= 0.3 is 6.03 Å². The molecule has 1 aromatic carbocycles. The van der Waals surface area contributed by atoms with Crippen LogP contribution in [-0.2, 0) is 10.2 Å². The molecule has 2 aromatic rings. The van der Waals surface area contributed by atoms with E-state index in [4.69, 9.17) is 4.42 Å². The van der Waals surface area contributed by atoms with Gasteiger partial charge in [0.1, 0.15) is 12.4 Å². The van der Waals surface area contributed by atoms with Gasteiger partial charge in [0.2, 0.25) is 17.6 Å². The molecule has 1 aliphatic heterocycles. The van der Waals surface area contributed by atoms with Crippen molar-refractivity contribution in [2.24, 2.45) is 5.92 Å². The van der Waals surface area contributed by atoms with E-state index in [1.165, 1.54) is 17.0 Å². The van der Waals surface area contributed by atoms with Crippen molar-refractivity contribution in [1.82, 2.24) is 25.7 Å². The maximum Gasteiger partial charge on any atom is 0.318 e. The summed E-state index contributed by atoms with van der Waals surface area (Å²) in [5.74, 6) is -1.53. The van der Waals surface area contributed by atoms with E-state index in [2.05, 4.69) is 20.8 Å². The molecule has 36 heavy (non-hydrogen) atoms. The Morgan fingerprint density at radius 1 is 1.17 bits per heavy atom. The molecule has 194 valence electrons. The summed E-state index contributed by atoms with van der Waals surface area (Å²) >= 11 is 0. The van der Waals surface area contributed by atoms with Crippen molar-refractivity contribution >= 4 is 17.7 Å². The lowest BCUT2D eigenvalue weighted by atomic mass is 9.82. The van der Waals surface area contributed by atoms with Crippen LogP contribution in [0.25, 0.3) is 0 Å². The molecule has 1 saturated heterocycles. The van der Waals surface area contributed by atoms with E-state index in [0.717, 1.165) is 37.7 Å². The third kappa shape index (κ3) is 5.27. The second-order valence-electron chi connectivity index (χ2n) is 10.8. The van der Waals surface area contributed by atoms with Crippen molar-refractivity contribution in [3.8, 4) is 0 Å². The Bertz CT molecular complexity index is 1120. The number of ketones is 1. The van der Waals surface area contributed by atoms with Crippen molar-refractivity contribution in [2.75, 3.05) is 13.1 Å². The van der Waals surface area contributed by atoms with E-state index < -0.39 is 23.1 Å². The second kappa shape index (κ2) is 9.99. The first-order valence-electron chi connectivity index (χ1n) is 12.5. The van der Waals surface area contributed by atoms with Gasteiger partial charge in [-0.3, -0.25) is 9.59 Å². The van der Waals surface area contributed by atoms with Gasteiger partial charge in [-0.1, -0.05) is 45.2 Å². The number of benzene rings is 1. The molecule has 0 unspecified atom stereocenters. The van der Waals surface area contributed by atoms with Gasteiger partial charge in [-0.25, -0.2) is 9.18 Å². The summed E-state index contributed by atoms with van der Waals surface area (Å²) < 4.78 is 19.1. The number of hydrogen-bond acceptors (Lipinski definition) is 6. The fourth-order valence-electron chi connectivity index (χ4n) is 5.05. The molecular weight excluding hydrogens is 465 g/mol. The van der Waals surface area contributed by atoms with Crippen LogP contribution in [0.2, 0.25) is 0 Å². The van der Waals surface area contributed by atoms with Gasteiger partial charge in [-0.05, 0) is 50.3 Å². The molecule has 3 amide bonds. The van der Waals surface area contributed by atoms with Crippen LogP contribution in [0.15, 0.2) is 28.7 Å². The minimum atomic E-state index is -0.894. The van der Waals surface area contributed by atoms with Crippen LogP contribution >= 0.6 is 0 Å². The van der Waals surface area contributed by atoms with Crippen molar-refractivity contribution in [3.05, 3.63) is 47.4 Å². The van der Waals surface area contributed by atoms with Crippen LogP contribution in [0.5, 0.6) is 0 Å². The molecule has 0 bridgehead atoms. The Morgan fingerprint density at radius 3 is 2.47 bits per heavy atom. The van der Waals surface area contributed by atoms with Crippen molar-refractivity contribution in [1.29, 1.82) is 0 Å². The van der Waals surface area contributed by atoms with Gasteiger partial charge in [-0.15, -0.1) is 10.2 Å². The molecule has 10 heteroatoms. The molecule has 1 saturated carbocycles. The van der Waals surface area contributed by atoms with Gasteiger partial charge < -0.3 is 20.0 Å². The Labute approximate surface area is 210 Å². The third-order valence-corrected chi connectivity index (χ3v) is 7.30. The molecule has 1 aliphatic carbocycles. The number of nitrogens with one attached hydrogen (secondary N) is 2. The average molecular weight is 500 g/mol. The van der Waals surface area contributed by atoms with E-state index in [1.54, 1.807) is 12.1 Å². The molecule has 2 aliphatic rings. The van der Waals surface area contributed by atoms with Crippen LogP contribution in [0.3, 0.4) is 0 Å². The lowest BCUT2D eigenvalue weighted by Gasteiger charge is -2.32. The van der Waals surface area contributed by atoms with Crippen molar-refractivity contribution in [2.45, 2.75) is 76.8 Å². The van der Waals surface area contributed by atoms with Crippen LogP contribution in [0.4, 0.5) is 9.18 Å². The molecule has 2 heterocycles. The maximum absolute atomic E-state index is 13.3. The van der Waals surface area contributed by atoms with Gasteiger partial charge in [-0.2, -0.15) is 0 Å². The minimum absolute atomic E-state index is 0.128. The van der Waals surface area contributed by atoms with E-state index in [-0.39, 0.29) is 41.6 Å². The molecule has 4 rings (SSSR count). The first-order valence-corrected chi connectivity index (χ1v) is 12.5. The van der Waals surface area contributed by atoms with Gasteiger partial charge in [0.25, 0.3) is 5.89 Å². The predicted molar refractivity (Wildman–Crippen MR) is 130 cm³/mol. The molecule has 2 fully saturated rings. The maximum atomic E-state index is 13.3. The van der Waals surface area contributed by atoms with Gasteiger partial charge in [0.15, 0.2) is 0 Å². The highest BCUT2D eigenvalue weighted by Gasteiger charge is 2.43. The van der Waals surface area contributed by atoms with E-state index >= 15 is 0 Å².